The fraction of sp³-hybridized carbons (Fsp3) is 0.542. The van der Waals surface area contributed by atoms with E-state index in [1.807, 2.05) is 11.1 Å². The maximum atomic E-state index is 10.8. The molecule has 8 nitrogen and oxygen atoms in total. The predicted octanol–water partition coefficient (Wildman–Crippen LogP) is 2.73. The van der Waals surface area contributed by atoms with E-state index in [1.54, 1.807) is 0 Å². The number of benzene rings is 1. The molecule has 0 saturated carbocycles. The Balaban J connectivity index is 1.27. The van der Waals surface area contributed by atoms with E-state index < -0.39 is 5.97 Å². The molecule has 3 unspecified atom stereocenters. The number of hydrogen-bond donors (Lipinski definition) is 1. The van der Waals surface area contributed by atoms with Crippen LogP contribution in [0.15, 0.2) is 46.2 Å². The average Bonchev–Trinajstić information content (AvgIpc) is 3.21. The van der Waals surface area contributed by atoms with Crippen LogP contribution in [0, 0.1) is 0 Å². The molecule has 3 aliphatic heterocycles. The molecular formula is C24H32N4O4. The summed E-state index contributed by atoms with van der Waals surface area (Å²) in [5.41, 5.74) is 4.39. The van der Waals surface area contributed by atoms with Crippen LogP contribution < -0.4 is 0 Å². The van der Waals surface area contributed by atoms with Gasteiger partial charge in [0.2, 0.25) is 0 Å². The van der Waals surface area contributed by atoms with Gasteiger partial charge >= 0.3 is 5.97 Å². The number of carboxylic acid groups (broad SMARTS) is 1. The van der Waals surface area contributed by atoms with Crippen LogP contribution in [0.2, 0.25) is 0 Å². The van der Waals surface area contributed by atoms with E-state index in [0.717, 1.165) is 62.3 Å². The number of aliphatic carboxylic acids is 1. The minimum atomic E-state index is -0.766. The first-order chi connectivity index (χ1) is 15.4. The number of nitrogens with zero attached hydrogens (tertiary/aromatic N) is 4. The fourth-order valence-corrected chi connectivity index (χ4v) is 4.43. The lowest BCUT2D eigenvalue weighted by atomic mass is 9.98. The van der Waals surface area contributed by atoms with Crippen molar-refractivity contribution in [3.63, 3.8) is 0 Å². The van der Waals surface area contributed by atoms with Gasteiger partial charge in [-0.1, -0.05) is 35.0 Å². The molecule has 0 amide bonds. The summed E-state index contributed by atoms with van der Waals surface area (Å²) in [5, 5.41) is 19.9. The Morgan fingerprint density at radius 3 is 2.53 bits per heavy atom. The van der Waals surface area contributed by atoms with Crippen LogP contribution in [-0.4, -0.2) is 83.9 Å². The quantitative estimate of drug-likeness (QED) is 0.541. The molecule has 3 aliphatic rings. The van der Waals surface area contributed by atoms with Crippen molar-refractivity contribution in [1.82, 2.24) is 9.91 Å². The largest absolute Gasteiger partial charge is 0.480 e. The Labute approximate surface area is 189 Å². The minimum absolute atomic E-state index is 0.0439. The van der Waals surface area contributed by atoms with Gasteiger partial charge in [-0.15, -0.1) is 0 Å². The van der Waals surface area contributed by atoms with Gasteiger partial charge in [0.15, 0.2) is 6.10 Å². The molecule has 8 heteroatoms. The second-order valence-corrected chi connectivity index (χ2v) is 8.88. The molecular weight excluding hydrogens is 408 g/mol. The van der Waals surface area contributed by atoms with Crippen molar-refractivity contribution in [2.75, 3.05) is 32.7 Å². The van der Waals surface area contributed by atoms with E-state index >= 15 is 0 Å². The highest BCUT2D eigenvalue weighted by Crippen LogP contribution is 2.23. The lowest BCUT2D eigenvalue weighted by molar-refractivity contribution is -0.138. The lowest BCUT2D eigenvalue weighted by Crippen LogP contribution is -2.42. The summed E-state index contributed by atoms with van der Waals surface area (Å²) < 4.78 is 5.75. The van der Waals surface area contributed by atoms with E-state index in [4.69, 9.17) is 14.7 Å². The minimum Gasteiger partial charge on any atom is -0.480 e. The molecule has 2 fully saturated rings. The monoisotopic (exact) mass is 440 g/mol. The van der Waals surface area contributed by atoms with E-state index in [0.29, 0.717) is 0 Å². The smallest absolute Gasteiger partial charge is 0.317 e. The Kier molecular flexibility index (Phi) is 7.22. The van der Waals surface area contributed by atoms with Crippen molar-refractivity contribution in [1.29, 1.82) is 0 Å². The molecule has 3 atom stereocenters. The first-order valence-electron chi connectivity index (χ1n) is 11.4. The summed E-state index contributed by atoms with van der Waals surface area (Å²) in [6.07, 6.45) is 6.93. The molecule has 0 aliphatic carbocycles. The highest BCUT2D eigenvalue weighted by Gasteiger charge is 2.23. The molecule has 172 valence electrons. The number of piperidine rings is 1. The SMILES string of the molecule is CC1CN(N=Cc2ccc(C3=NOC(C=C4CCN(CC(=O)O)CC4)C3)cc2)CC(C)O1. The average molecular weight is 441 g/mol. The van der Waals surface area contributed by atoms with Gasteiger partial charge in [-0.25, -0.2) is 0 Å². The van der Waals surface area contributed by atoms with Crippen molar-refractivity contribution in [3.8, 4) is 0 Å². The standard InChI is InChI=1S/C24H32N4O4/c1-17-14-28(15-18(2)31-17)25-13-20-3-5-21(6-4-20)23-12-22(32-26-23)11-19-7-9-27(10-8-19)16-24(29)30/h3-6,11,13,17-18,22H,7-10,12,14-16H2,1-2H3,(H,29,30). The molecule has 2 saturated heterocycles. The zero-order valence-electron chi connectivity index (χ0n) is 18.8. The van der Waals surface area contributed by atoms with Crippen LogP contribution >= 0.6 is 0 Å². The molecule has 0 spiro atoms. The van der Waals surface area contributed by atoms with Crippen molar-refractivity contribution in [2.45, 2.75) is 51.4 Å². The number of oxime groups is 1. The topological polar surface area (TPSA) is 87.0 Å². The van der Waals surface area contributed by atoms with Gasteiger partial charge in [0.1, 0.15) is 0 Å². The first-order valence-corrected chi connectivity index (χ1v) is 11.4. The number of carboxylic acids is 1. The second kappa shape index (κ2) is 10.3. The van der Waals surface area contributed by atoms with Crippen molar-refractivity contribution in [3.05, 3.63) is 47.0 Å². The number of hydrogen-bond acceptors (Lipinski definition) is 7. The Morgan fingerprint density at radius 1 is 1.19 bits per heavy atom. The molecule has 1 N–H and O–H groups in total. The summed E-state index contributed by atoms with van der Waals surface area (Å²) in [6, 6.07) is 8.24. The highest BCUT2D eigenvalue weighted by atomic mass is 16.6. The van der Waals surface area contributed by atoms with Gasteiger partial charge < -0.3 is 14.7 Å². The third-order valence-electron chi connectivity index (χ3n) is 5.99. The van der Waals surface area contributed by atoms with E-state index in [2.05, 4.69) is 59.5 Å². The van der Waals surface area contributed by atoms with Crippen molar-refractivity contribution < 1.29 is 19.5 Å². The molecule has 32 heavy (non-hydrogen) atoms. The number of rotatable bonds is 6. The third kappa shape index (κ3) is 6.17. The zero-order valence-corrected chi connectivity index (χ0v) is 18.8. The lowest BCUT2D eigenvalue weighted by Gasteiger charge is -2.33. The van der Waals surface area contributed by atoms with Gasteiger partial charge in [-0.3, -0.25) is 14.7 Å². The fourth-order valence-electron chi connectivity index (χ4n) is 4.43. The molecule has 1 aromatic carbocycles. The highest BCUT2D eigenvalue weighted by molar-refractivity contribution is 6.01. The number of carbonyl (C=O) groups is 1. The van der Waals surface area contributed by atoms with Crippen molar-refractivity contribution >= 4 is 17.9 Å². The maximum Gasteiger partial charge on any atom is 0.317 e. The van der Waals surface area contributed by atoms with E-state index in [9.17, 15) is 4.79 Å². The number of ether oxygens (including phenoxy) is 1. The van der Waals surface area contributed by atoms with Crippen LogP contribution in [0.25, 0.3) is 0 Å². The Hall–Kier alpha value is -2.71. The van der Waals surface area contributed by atoms with E-state index in [-0.39, 0.29) is 24.9 Å². The Bertz CT molecular complexity index is 876. The van der Waals surface area contributed by atoms with Crippen LogP contribution in [0.1, 0.15) is 44.2 Å². The van der Waals surface area contributed by atoms with Crippen molar-refractivity contribution in [2.24, 2.45) is 10.3 Å². The molecule has 4 rings (SSSR count). The summed E-state index contributed by atoms with van der Waals surface area (Å²) in [5.74, 6) is -0.766. The summed E-state index contributed by atoms with van der Waals surface area (Å²) in [4.78, 5) is 18.5. The van der Waals surface area contributed by atoms with Gasteiger partial charge in [-0.05, 0) is 43.9 Å². The number of likely N-dealkylation sites (tertiary alicyclic amines) is 1. The summed E-state index contributed by atoms with van der Waals surface area (Å²) >= 11 is 0. The summed E-state index contributed by atoms with van der Waals surface area (Å²) in [6.45, 7) is 7.44. The zero-order chi connectivity index (χ0) is 22.5. The maximum absolute atomic E-state index is 10.8. The van der Waals surface area contributed by atoms with Gasteiger partial charge in [0, 0.05) is 19.5 Å². The first kappa shape index (κ1) is 22.5. The molecule has 0 aromatic heterocycles. The van der Waals surface area contributed by atoms with Crippen LogP contribution in [0.5, 0.6) is 0 Å². The van der Waals surface area contributed by atoms with Crippen LogP contribution in [-0.2, 0) is 14.4 Å². The second-order valence-electron chi connectivity index (χ2n) is 8.88. The van der Waals surface area contributed by atoms with Gasteiger partial charge in [0.05, 0.1) is 43.8 Å². The Morgan fingerprint density at radius 2 is 1.88 bits per heavy atom. The molecule has 1 aromatic rings. The molecule has 3 heterocycles. The van der Waals surface area contributed by atoms with Crippen LogP contribution in [0.4, 0.5) is 0 Å². The van der Waals surface area contributed by atoms with Gasteiger partial charge in [0.25, 0.3) is 0 Å². The third-order valence-corrected chi connectivity index (χ3v) is 5.99. The van der Waals surface area contributed by atoms with Gasteiger partial charge in [-0.2, -0.15) is 5.10 Å². The van der Waals surface area contributed by atoms with Crippen LogP contribution in [0.3, 0.4) is 0 Å². The molecule has 0 bridgehead atoms. The predicted molar refractivity (Wildman–Crippen MR) is 123 cm³/mol. The number of hydrazone groups is 1. The molecule has 0 radical (unpaired) electrons. The van der Waals surface area contributed by atoms with E-state index in [1.165, 1.54) is 5.57 Å². The number of morpholine rings is 1. The normalized spacial score (nSPS) is 26.8. The summed E-state index contributed by atoms with van der Waals surface area (Å²) in [7, 11) is 0.